The van der Waals surface area contributed by atoms with Crippen LogP contribution in [0, 0.1) is 5.92 Å². The number of nitrogens with zero attached hydrogens (tertiary/aromatic N) is 1. The van der Waals surface area contributed by atoms with Gasteiger partial charge in [0.15, 0.2) is 0 Å². The van der Waals surface area contributed by atoms with Crippen molar-refractivity contribution in [2.24, 2.45) is 11.7 Å². The summed E-state index contributed by atoms with van der Waals surface area (Å²) in [5.41, 5.74) is 5.89. The van der Waals surface area contributed by atoms with E-state index >= 15 is 0 Å². The summed E-state index contributed by atoms with van der Waals surface area (Å²) in [6, 6.07) is -0.165. The number of amides is 1. The molecule has 18 heavy (non-hydrogen) atoms. The van der Waals surface area contributed by atoms with Crippen molar-refractivity contribution in [3.05, 3.63) is 0 Å². The van der Waals surface area contributed by atoms with Crippen LogP contribution in [-0.4, -0.2) is 43.5 Å². The lowest BCUT2D eigenvalue weighted by molar-refractivity contribution is -0.123. The van der Waals surface area contributed by atoms with Crippen molar-refractivity contribution >= 4 is 5.91 Å². The van der Waals surface area contributed by atoms with Gasteiger partial charge in [-0.15, -0.1) is 0 Å². The predicted octanol–water partition coefficient (Wildman–Crippen LogP) is 1.60. The lowest BCUT2D eigenvalue weighted by Gasteiger charge is -2.25. The highest BCUT2D eigenvalue weighted by atomic mass is 16.2. The molecule has 0 bridgehead atoms. The Kier molecular flexibility index (Phi) is 9.02. The summed E-state index contributed by atoms with van der Waals surface area (Å²) >= 11 is 0. The van der Waals surface area contributed by atoms with Crippen LogP contribution in [0.15, 0.2) is 0 Å². The number of carbonyl (C=O) groups is 1. The van der Waals surface area contributed by atoms with Crippen LogP contribution in [0.4, 0.5) is 0 Å². The zero-order valence-corrected chi connectivity index (χ0v) is 12.7. The van der Waals surface area contributed by atoms with Crippen LogP contribution in [0.25, 0.3) is 0 Å². The predicted molar refractivity (Wildman–Crippen MR) is 77.4 cm³/mol. The molecule has 1 amide bonds. The first kappa shape index (κ1) is 17.4. The van der Waals surface area contributed by atoms with Gasteiger partial charge < -0.3 is 16.0 Å². The van der Waals surface area contributed by atoms with Crippen molar-refractivity contribution < 1.29 is 4.79 Å². The second-order valence-electron chi connectivity index (χ2n) is 5.85. The first-order valence-corrected chi connectivity index (χ1v) is 7.07. The van der Waals surface area contributed by atoms with Crippen molar-refractivity contribution in [3.8, 4) is 0 Å². The van der Waals surface area contributed by atoms with Crippen LogP contribution in [0.1, 0.15) is 46.5 Å². The fourth-order valence-electron chi connectivity index (χ4n) is 2.05. The van der Waals surface area contributed by atoms with E-state index in [1.807, 2.05) is 14.1 Å². The van der Waals surface area contributed by atoms with Gasteiger partial charge in [-0.1, -0.05) is 33.6 Å². The first-order valence-electron chi connectivity index (χ1n) is 7.07. The highest BCUT2D eigenvalue weighted by molar-refractivity contribution is 5.81. The van der Waals surface area contributed by atoms with E-state index in [1.165, 1.54) is 0 Å². The molecule has 0 spiro atoms. The maximum absolute atomic E-state index is 12.0. The number of hydrogen-bond donors (Lipinski definition) is 2. The standard InChI is InChI=1S/C14H31N3O/c1-6-7-8-13(15)14(18)16-12(9-11(2)3)10-17(4)5/h11-13H,6-10,15H2,1-5H3,(H,16,18)/t12?,13-/m0/s1. The third-order valence-corrected chi connectivity index (χ3v) is 2.89. The maximum Gasteiger partial charge on any atom is 0.237 e. The van der Waals surface area contributed by atoms with E-state index in [2.05, 4.69) is 31.0 Å². The zero-order valence-electron chi connectivity index (χ0n) is 12.7. The van der Waals surface area contributed by atoms with Gasteiger partial charge in [0.1, 0.15) is 0 Å². The second kappa shape index (κ2) is 9.34. The smallest absolute Gasteiger partial charge is 0.237 e. The molecule has 2 atom stereocenters. The molecule has 0 heterocycles. The molecule has 0 aromatic heterocycles. The molecule has 0 aliphatic heterocycles. The largest absolute Gasteiger partial charge is 0.351 e. The first-order chi connectivity index (χ1) is 8.36. The van der Waals surface area contributed by atoms with E-state index in [-0.39, 0.29) is 18.0 Å². The van der Waals surface area contributed by atoms with Crippen LogP contribution < -0.4 is 11.1 Å². The number of likely N-dealkylation sites (N-methyl/N-ethyl adjacent to an activating group) is 1. The Morgan fingerprint density at radius 2 is 1.94 bits per heavy atom. The van der Waals surface area contributed by atoms with Crippen LogP contribution >= 0.6 is 0 Å². The number of carbonyl (C=O) groups excluding carboxylic acids is 1. The van der Waals surface area contributed by atoms with Gasteiger partial charge in [0.05, 0.1) is 6.04 Å². The van der Waals surface area contributed by atoms with Crippen molar-refractivity contribution in [1.29, 1.82) is 0 Å². The lowest BCUT2D eigenvalue weighted by atomic mass is 10.0. The minimum Gasteiger partial charge on any atom is -0.351 e. The summed E-state index contributed by atoms with van der Waals surface area (Å²) < 4.78 is 0. The molecule has 0 aliphatic carbocycles. The molecule has 1 unspecified atom stereocenters. The van der Waals surface area contributed by atoms with Crippen LogP contribution in [0.5, 0.6) is 0 Å². The van der Waals surface area contributed by atoms with E-state index in [0.29, 0.717) is 5.92 Å². The number of hydrogen-bond acceptors (Lipinski definition) is 3. The molecule has 0 saturated carbocycles. The molecule has 3 N–H and O–H groups in total. The Hall–Kier alpha value is -0.610. The van der Waals surface area contributed by atoms with Crippen molar-refractivity contribution in [3.63, 3.8) is 0 Å². The molecule has 4 nitrogen and oxygen atoms in total. The summed E-state index contributed by atoms with van der Waals surface area (Å²) in [6.07, 6.45) is 3.86. The SMILES string of the molecule is CCCC[C@H](N)C(=O)NC(CC(C)C)CN(C)C. The molecule has 0 radical (unpaired) electrons. The Labute approximate surface area is 112 Å². The Bertz CT molecular complexity index is 219. The van der Waals surface area contributed by atoms with Gasteiger partial charge in [0.2, 0.25) is 5.91 Å². The molecule has 4 heteroatoms. The monoisotopic (exact) mass is 257 g/mol. The number of nitrogens with one attached hydrogen (secondary N) is 1. The topological polar surface area (TPSA) is 58.4 Å². The fraction of sp³-hybridized carbons (Fsp3) is 0.929. The van der Waals surface area contributed by atoms with Crippen molar-refractivity contribution in [2.45, 2.75) is 58.5 Å². The van der Waals surface area contributed by atoms with Gasteiger partial charge in [0.25, 0.3) is 0 Å². The molecule has 0 saturated heterocycles. The van der Waals surface area contributed by atoms with Gasteiger partial charge in [-0.25, -0.2) is 0 Å². The Balaban J connectivity index is 4.24. The highest BCUT2D eigenvalue weighted by Crippen LogP contribution is 2.06. The molecule has 0 rings (SSSR count). The summed E-state index contributed by atoms with van der Waals surface area (Å²) in [4.78, 5) is 14.1. The molecular formula is C14H31N3O. The Morgan fingerprint density at radius 3 is 2.39 bits per heavy atom. The highest BCUT2D eigenvalue weighted by Gasteiger charge is 2.19. The average Bonchev–Trinajstić information content (AvgIpc) is 2.23. The summed E-state index contributed by atoms with van der Waals surface area (Å²) in [5, 5.41) is 3.08. The third kappa shape index (κ3) is 8.48. The van der Waals surface area contributed by atoms with Gasteiger partial charge in [-0.2, -0.15) is 0 Å². The molecule has 0 aromatic carbocycles. The summed E-state index contributed by atoms with van der Waals surface area (Å²) in [6.45, 7) is 7.32. The van der Waals surface area contributed by atoms with E-state index in [0.717, 1.165) is 32.2 Å². The van der Waals surface area contributed by atoms with E-state index in [9.17, 15) is 4.79 Å². The maximum atomic E-state index is 12.0. The average molecular weight is 257 g/mol. The molecule has 108 valence electrons. The molecular weight excluding hydrogens is 226 g/mol. The van der Waals surface area contributed by atoms with Crippen molar-refractivity contribution in [1.82, 2.24) is 10.2 Å². The van der Waals surface area contributed by atoms with Gasteiger partial charge in [-0.05, 0) is 32.9 Å². The second-order valence-corrected chi connectivity index (χ2v) is 5.85. The summed E-state index contributed by atoms with van der Waals surface area (Å²) in [7, 11) is 4.05. The van der Waals surface area contributed by atoms with Crippen molar-refractivity contribution in [2.75, 3.05) is 20.6 Å². The minimum absolute atomic E-state index is 0.00375. The van der Waals surface area contributed by atoms with Crippen LogP contribution in [-0.2, 0) is 4.79 Å². The fourth-order valence-corrected chi connectivity index (χ4v) is 2.05. The quantitative estimate of drug-likeness (QED) is 0.659. The van der Waals surface area contributed by atoms with Crippen LogP contribution in [0.2, 0.25) is 0 Å². The van der Waals surface area contributed by atoms with Gasteiger partial charge in [-0.3, -0.25) is 4.79 Å². The normalized spacial score (nSPS) is 14.9. The van der Waals surface area contributed by atoms with E-state index < -0.39 is 0 Å². The molecule has 0 fully saturated rings. The zero-order chi connectivity index (χ0) is 14.1. The van der Waals surface area contributed by atoms with Crippen LogP contribution in [0.3, 0.4) is 0 Å². The third-order valence-electron chi connectivity index (χ3n) is 2.89. The Morgan fingerprint density at radius 1 is 1.33 bits per heavy atom. The van der Waals surface area contributed by atoms with E-state index in [1.54, 1.807) is 0 Å². The lowest BCUT2D eigenvalue weighted by Crippen LogP contribution is -2.49. The minimum atomic E-state index is -0.359. The molecule has 0 aliphatic rings. The number of nitrogens with two attached hydrogens (primary N) is 1. The molecule has 0 aromatic rings. The number of rotatable bonds is 9. The van der Waals surface area contributed by atoms with E-state index in [4.69, 9.17) is 5.73 Å². The van der Waals surface area contributed by atoms with Gasteiger partial charge >= 0.3 is 0 Å². The van der Waals surface area contributed by atoms with Gasteiger partial charge in [0, 0.05) is 12.6 Å². The summed E-state index contributed by atoms with van der Waals surface area (Å²) in [5.74, 6) is 0.568. The number of unbranched alkanes of at least 4 members (excludes halogenated alkanes) is 1.